The molecular weight excluding hydrogens is 384 g/mol. The van der Waals surface area contributed by atoms with Gasteiger partial charge in [-0.3, -0.25) is 0 Å². The smallest absolute Gasteiger partial charge is 0.154 e. The van der Waals surface area contributed by atoms with Crippen LogP contribution in [-0.2, 0) is 38.3 Å². The Morgan fingerprint density at radius 3 is 1.00 bits per heavy atom. The van der Waals surface area contributed by atoms with Gasteiger partial charge in [0.1, 0.15) is 0 Å². The van der Waals surface area contributed by atoms with E-state index in [0.717, 1.165) is 0 Å². The van der Waals surface area contributed by atoms with E-state index in [0.29, 0.717) is 52.9 Å². The van der Waals surface area contributed by atoms with Gasteiger partial charge < -0.3 is 38.6 Å². The second kappa shape index (κ2) is 20.4. The Morgan fingerprint density at radius 1 is 0.444 bits per heavy atom. The van der Waals surface area contributed by atoms with Crippen LogP contribution in [0.4, 0.5) is 0 Å². The molecule has 164 valence electrons. The Morgan fingerprint density at radius 2 is 0.704 bits per heavy atom. The number of hydrogen-bond acceptors (Lipinski definition) is 10. The predicted molar refractivity (Wildman–Crippen MR) is 97.7 cm³/mol. The maximum atomic E-state index is 11.8. The first-order chi connectivity index (χ1) is 13.1. The third kappa shape index (κ3) is 21.8. The summed E-state index contributed by atoms with van der Waals surface area (Å²) in [4.78, 5) is 0. The van der Waals surface area contributed by atoms with Crippen LogP contribution >= 0.6 is 0 Å². The van der Waals surface area contributed by atoms with Gasteiger partial charge in [-0.1, -0.05) is 0 Å². The molecular formula is C16H34O10S. The van der Waals surface area contributed by atoms with Crippen molar-refractivity contribution in [1.82, 2.24) is 0 Å². The lowest BCUT2D eigenvalue weighted by molar-refractivity contribution is 0.00936. The molecule has 11 heteroatoms. The van der Waals surface area contributed by atoms with E-state index in [1.807, 2.05) is 0 Å². The van der Waals surface area contributed by atoms with Gasteiger partial charge in [-0.2, -0.15) is 0 Å². The lowest BCUT2D eigenvalue weighted by Gasteiger charge is -2.08. The quantitative estimate of drug-likeness (QED) is 0.200. The standard InChI is InChI=1S/C16H34O10S/c17-1-3-21-5-7-23-9-11-25-13-15-27(19,20)16-14-26-12-10-24-8-6-22-4-2-18/h17-18H,1-16H2. The van der Waals surface area contributed by atoms with Crippen molar-refractivity contribution in [3.63, 3.8) is 0 Å². The normalized spacial score (nSPS) is 11.9. The van der Waals surface area contributed by atoms with E-state index in [1.54, 1.807) is 0 Å². The van der Waals surface area contributed by atoms with Gasteiger partial charge in [-0.15, -0.1) is 0 Å². The van der Waals surface area contributed by atoms with Crippen molar-refractivity contribution in [3.05, 3.63) is 0 Å². The number of aliphatic hydroxyl groups excluding tert-OH is 2. The van der Waals surface area contributed by atoms with Crippen molar-refractivity contribution < 1.29 is 47.1 Å². The van der Waals surface area contributed by atoms with Crippen LogP contribution in [0.1, 0.15) is 0 Å². The number of aliphatic hydroxyl groups is 2. The summed E-state index contributed by atoms with van der Waals surface area (Å²) in [7, 11) is -3.22. The maximum absolute atomic E-state index is 11.8. The molecule has 0 aliphatic heterocycles. The summed E-state index contributed by atoms with van der Waals surface area (Å²) in [5.41, 5.74) is 0. The first-order valence-corrected chi connectivity index (χ1v) is 10.8. The molecule has 0 unspecified atom stereocenters. The van der Waals surface area contributed by atoms with Crippen LogP contribution in [0.3, 0.4) is 0 Å². The summed E-state index contributed by atoms with van der Waals surface area (Å²) in [6, 6.07) is 0. The van der Waals surface area contributed by atoms with E-state index < -0.39 is 9.84 Å². The lowest BCUT2D eigenvalue weighted by atomic mass is 10.7. The molecule has 27 heavy (non-hydrogen) atoms. The van der Waals surface area contributed by atoms with Crippen LogP contribution in [-0.4, -0.2) is 123 Å². The number of rotatable bonds is 22. The molecule has 2 N–H and O–H groups in total. The first kappa shape index (κ1) is 26.6. The van der Waals surface area contributed by atoms with Crippen LogP contribution in [0.5, 0.6) is 0 Å². The Bertz CT molecular complexity index is 361. The third-order valence-electron chi connectivity index (χ3n) is 3.04. The lowest BCUT2D eigenvalue weighted by Crippen LogP contribution is -2.21. The van der Waals surface area contributed by atoms with Gasteiger partial charge in [0.2, 0.25) is 0 Å². The molecule has 0 atom stereocenters. The minimum absolute atomic E-state index is 0.0159. The fraction of sp³-hybridized carbons (Fsp3) is 1.00. The van der Waals surface area contributed by atoms with Gasteiger partial charge in [0, 0.05) is 0 Å². The van der Waals surface area contributed by atoms with Crippen molar-refractivity contribution in [2.75, 3.05) is 104 Å². The average molecular weight is 419 g/mol. The fourth-order valence-corrected chi connectivity index (χ4v) is 2.63. The van der Waals surface area contributed by atoms with Crippen LogP contribution in [0.25, 0.3) is 0 Å². The van der Waals surface area contributed by atoms with Crippen molar-refractivity contribution in [3.8, 4) is 0 Å². The Balaban J connectivity index is 3.34. The molecule has 0 spiro atoms. The van der Waals surface area contributed by atoms with Gasteiger partial charge in [-0.25, -0.2) is 8.42 Å². The topological polar surface area (TPSA) is 130 Å². The molecule has 0 aromatic rings. The monoisotopic (exact) mass is 418 g/mol. The van der Waals surface area contributed by atoms with Crippen LogP contribution in [0.2, 0.25) is 0 Å². The van der Waals surface area contributed by atoms with Gasteiger partial charge in [0.25, 0.3) is 0 Å². The minimum Gasteiger partial charge on any atom is -0.394 e. The van der Waals surface area contributed by atoms with Crippen molar-refractivity contribution >= 4 is 9.84 Å². The maximum Gasteiger partial charge on any atom is 0.154 e. The first-order valence-electron chi connectivity index (χ1n) is 9.01. The van der Waals surface area contributed by atoms with Gasteiger partial charge in [0.05, 0.1) is 104 Å². The van der Waals surface area contributed by atoms with Gasteiger partial charge in [0.15, 0.2) is 9.84 Å². The molecule has 10 nitrogen and oxygen atoms in total. The summed E-state index contributed by atoms with van der Waals surface area (Å²) in [6.07, 6.45) is 0. The number of sulfone groups is 1. The fourth-order valence-electron chi connectivity index (χ4n) is 1.69. The van der Waals surface area contributed by atoms with E-state index in [-0.39, 0.29) is 51.1 Å². The molecule has 0 aromatic heterocycles. The SMILES string of the molecule is O=S(=O)(CCOCCOCCOCCO)CCOCCOCCOCCO. The number of ether oxygens (including phenoxy) is 6. The summed E-state index contributed by atoms with van der Waals surface area (Å²) in [5.74, 6) is -0.122. The highest BCUT2D eigenvalue weighted by Crippen LogP contribution is 1.93. The summed E-state index contributed by atoms with van der Waals surface area (Å²) in [6.45, 7) is 3.71. The summed E-state index contributed by atoms with van der Waals surface area (Å²) >= 11 is 0. The van der Waals surface area contributed by atoms with Crippen LogP contribution in [0, 0.1) is 0 Å². The van der Waals surface area contributed by atoms with E-state index in [9.17, 15) is 8.42 Å². The summed E-state index contributed by atoms with van der Waals surface area (Å²) < 4.78 is 54.5. The Hall–Kier alpha value is -0.370. The summed E-state index contributed by atoms with van der Waals surface area (Å²) in [5, 5.41) is 17.0. The molecule has 0 aliphatic rings. The predicted octanol–water partition coefficient (Wildman–Crippen LogP) is -1.51. The molecule has 0 saturated carbocycles. The molecule has 0 heterocycles. The largest absolute Gasteiger partial charge is 0.394 e. The zero-order valence-electron chi connectivity index (χ0n) is 15.9. The van der Waals surface area contributed by atoms with Gasteiger partial charge in [-0.05, 0) is 0 Å². The van der Waals surface area contributed by atoms with E-state index in [1.165, 1.54) is 0 Å². The molecule has 0 bridgehead atoms. The molecule has 0 saturated heterocycles. The van der Waals surface area contributed by atoms with Crippen molar-refractivity contribution in [2.45, 2.75) is 0 Å². The van der Waals surface area contributed by atoms with Gasteiger partial charge >= 0.3 is 0 Å². The van der Waals surface area contributed by atoms with E-state index in [2.05, 4.69) is 0 Å². The molecule has 0 fully saturated rings. The molecule has 0 rings (SSSR count). The zero-order valence-corrected chi connectivity index (χ0v) is 16.7. The molecule has 0 aromatic carbocycles. The molecule has 0 radical (unpaired) electrons. The van der Waals surface area contributed by atoms with Crippen LogP contribution < -0.4 is 0 Å². The second-order valence-electron chi connectivity index (χ2n) is 5.27. The second-order valence-corrected chi connectivity index (χ2v) is 7.58. The Kier molecular flexibility index (Phi) is 20.1. The highest BCUT2D eigenvalue weighted by molar-refractivity contribution is 7.91. The highest BCUT2D eigenvalue weighted by atomic mass is 32.2. The van der Waals surface area contributed by atoms with E-state index in [4.69, 9.17) is 38.6 Å². The molecule has 0 aliphatic carbocycles. The van der Waals surface area contributed by atoms with Crippen LogP contribution in [0.15, 0.2) is 0 Å². The third-order valence-corrected chi connectivity index (χ3v) is 4.61. The van der Waals surface area contributed by atoms with Crippen molar-refractivity contribution in [2.24, 2.45) is 0 Å². The minimum atomic E-state index is -3.22. The average Bonchev–Trinajstić information content (AvgIpc) is 2.64. The zero-order chi connectivity index (χ0) is 20.1. The Labute approximate surface area is 161 Å². The van der Waals surface area contributed by atoms with E-state index >= 15 is 0 Å². The molecule has 0 amide bonds. The number of hydrogen-bond donors (Lipinski definition) is 2. The van der Waals surface area contributed by atoms with Crippen molar-refractivity contribution in [1.29, 1.82) is 0 Å². The highest BCUT2D eigenvalue weighted by Gasteiger charge is 2.10.